The van der Waals surface area contributed by atoms with Crippen LogP contribution in [0.4, 0.5) is 0 Å². The highest BCUT2D eigenvalue weighted by atomic mass is 16.4. The van der Waals surface area contributed by atoms with Crippen molar-refractivity contribution in [2.24, 2.45) is 11.3 Å². The summed E-state index contributed by atoms with van der Waals surface area (Å²) in [7, 11) is 0. The summed E-state index contributed by atoms with van der Waals surface area (Å²) in [6.45, 7) is 0. The van der Waals surface area contributed by atoms with Crippen LogP contribution in [-0.4, -0.2) is 44.3 Å². The van der Waals surface area contributed by atoms with Crippen molar-refractivity contribution in [3.8, 4) is 44.5 Å². The molecule has 0 aromatic heterocycles. The molecule has 5 aliphatic rings. The Morgan fingerprint density at radius 2 is 0.614 bits per heavy atom. The number of hydrogen-bond acceptors (Lipinski definition) is 4. The van der Waals surface area contributed by atoms with Crippen LogP contribution in [0.3, 0.4) is 0 Å². The molecule has 342 valence electrons. The molecular formula is C62H46O8. The van der Waals surface area contributed by atoms with Gasteiger partial charge in [0.15, 0.2) is 0 Å². The minimum atomic E-state index is -0.958. The summed E-state index contributed by atoms with van der Waals surface area (Å²) < 4.78 is 0. The first-order chi connectivity index (χ1) is 33.9. The zero-order valence-corrected chi connectivity index (χ0v) is 37.9. The molecule has 5 aliphatic carbocycles. The third-order valence-electron chi connectivity index (χ3n) is 17.3. The topological polar surface area (TPSA) is 149 Å². The van der Waals surface area contributed by atoms with Gasteiger partial charge in [0, 0.05) is 21.7 Å². The molecule has 0 heterocycles. The number of rotatable bonds is 12. The van der Waals surface area contributed by atoms with Crippen molar-refractivity contribution in [3.05, 3.63) is 239 Å². The van der Waals surface area contributed by atoms with Crippen LogP contribution >= 0.6 is 0 Å². The number of aromatic carboxylic acids is 4. The van der Waals surface area contributed by atoms with Crippen LogP contribution < -0.4 is 0 Å². The van der Waals surface area contributed by atoms with E-state index >= 15 is 0 Å². The minimum absolute atomic E-state index is 0.108. The third-order valence-corrected chi connectivity index (χ3v) is 17.3. The van der Waals surface area contributed by atoms with E-state index in [9.17, 15) is 39.6 Å². The Morgan fingerprint density at radius 1 is 0.329 bits per heavy atom. The average Bonchev–Trinajstić information content (AvgIpc) is 3.40. The van der Waals surface area contributed by atoms with Crippen LogP contribution in [0.5, 0.6) is 0 Å². The van der Waals surface area contributed by atoms with Gasteiger partial charge < -0.3 is 20.4 Å². The molecule has 8 aromatic rings. The molecule has 4 N–H and O–H groups in total. The molecule has 0 aliphatic heterocycles. The van der Waals surface area contributed by atoms with E-state index in [1.54, 1.807) is 48.5 Å². The van der Waals surface area contributed by atoms with E-state index in [2.05, 4.69) is 97.1 Å². The van der Waals surface area contributed by atoms with Gasteiger partial charge in [0.05, 0.1) is 22.3 Å². The van der Waals surface area contributed by atoms with E-state index in [0.717, 1.165) is 70.2 Å². The van der Waals surface area contributed by atoms with Crippen molar-refractivity contribution in [2.45, 2.75) is 47.8 Å². The van der Waals surface area contributed by atoms with Crippen molar-refractivity contribution in [1.82, 2.24) is 0 Å². The predicted molar refractivity (Wildman–Crippen MR) is 268 cm³/mol. The first-order valence-corrected chi connectivity index (χ1v) is 23.6. The number of benzene rings is 8. The molecule has 8 nitrogen and oxygen atoms in total. The fraction of sp³-hybridized carbons (Fsp3) is 0.161. The number of carboxylic acid groups (broad SMARTS) is 4. The molecule has 8 heteroatoms. The second-order valence-electron chi connectivity index (χ2n) is 19.9. The summed E-state index contributed by atoms with van der Waals surface area (Å²) in [5.41, 5.74) is 13.5. The van der Waals surface area contributed by atoms with E-state index in [-0.39, 0.29) is 49.8 Å². The standard InChI is InChI=1S/C62H46O8/c63-55(64)46-13-3-38(4-14-46)37-1-11-45(12-2-37)53-33-59(50-27-21-42(22-28-50)39-5-15-47(16-6-39)56(65)66)35-60(51-29-23-43(24-30-51)40-7-17-48(18-8-40)57(67)68)36-61(54(53)34-62(59,60)61)52-31-25-44(26-32-52)41-9-19-49(20-10-41)58(69)70/h1-32,53-54H,33-36H2,(H,63,64)(H,65,66)(H,67,68)(H,69,70). The Morgan fingerprint density at radius 3 is 0.943 bits per heavy atom. The lowest BCUT2D eigenvalue weighted by molar-refractivity contribution is -0.387. The zero-order chi connectivity index (χ0) is 48.2. The normalized spacial score (nSPS) is 24.5. The van der Waals surface area contributed by atoms with Gasteiger partial charge in [0.25, 0.3) is 0 Å². The van der Waals surface area contributed by atoms with E-state index in [1.165, 1.54) is 22.3 Å². The lowest BCUT2D eigenvalue weighted by Crippen LogP contribution is -2.95. The maximum atomic E-state index is 11.7. The maximum absolute atomic E-state index is 11.7. The zero-order valence-electron chi connectivity index (χ0n) is 37.9. The SMILES string of the molecule is O=C(O)c1ccc(-c2ccc(C3CC4(c5ccc(-c6ccc(C(=O)O)cc6)cc5)CC5(c6ccc(-c7ccc(C(=O)O)cc7)cc6)CC6(c7ccc(-c8ccc(C(=O)O)cc8)cc7)C3CC456)cc2)cc1. The Labute approximate surface area is 404 Å². The molecule has 0 amide bonds. The first-order valence-electron chi connectivity index (χ1n) is 23.6. The smallest absolute Gasteiger partial charge is 0.335 e. The molecule has 1 spiro atoms. The second-order valence-corrected chi connectivity index (χ2v) is 19.9. The summed E-state index contributed by atoms with van der Waals surface area (Å²) in [6, 6.07) is 64.0. The van der Waals surface area contributed by atoms with Gasteiger partial charge in [-0.1, -0.05) is 146 Å². The number of fused-ring (bicyclic) bond motifs is 1. The lowest BCUT2D eigenvalue weighted by Gasteiger charge is -2.97. The quantitative estimate of drug-likeness (QED) is 0.0946. The van der Waals surface area contributed by atoms with Crippen LogP contribution in [0.2, 0.25) is 0 Å². The van der Waals surface area contributed by atoms with Crippen LogP contribution in [0, 0.1) is 11.3 Å². The summed E-state index contributed by atoms with van der Waals surface area (Å²) in [4.78, 5) is 46.6. The molecule has 8 aromatic carbocycles. The predicted octanol–water partition coefficient (Wildman–Crippen LogP) is 13.3. The third kappa shape index (κ3) is 6.02. The molecule has 5 saturated carbocycles. The van der Waals surface area contributed by atoms with Crippen LogP contribution in [-0.2, 0) is 16.2 Å². The van der Waals surface area contributed by atoms with Gasteiger partial charge in [0.1, 0.15) is 0 Å². The molecule has 6 unspecified atom stereocenters. The average molecular weight is 919 g/mol. The summed E-state index contributed by atoms with van der Waals surface area (Å²) in [6.07, 6.45) is 3.93. The highest BCUT2D eigenvalue weighted by molar-refractivity contribution is 5.90. The monoisotopic (exact) mass is 918 g/mol. The van der Waals surface area contributed by atoms with Crippen molar-refractivity contribution in [3.63, 3.8) is 0 Å². The minimum Gasteiger partial charge on any atom is -0.478 e. The van der Waals surface area contributed by atoms with Gasteiger partial charge in [-0.25, -0.2) is 19.2 Å². The fourth-order valence-corrected chi connectivity index (χ4v) is 14.3. The van der Waals surface area contributed by atoms with Gasteiger partial charge in [-0.3, -0.25) is 0 Å². The van der Waals surface area contributed by atoms with Crippen molar-refractivity contribution in [2.75, 3.05) is 0 Å². The van der Waals surface area contributed by atoms with E-state index < -0.39 is 23.9 Å². The summed E-state index contributed by atoms with van der Waals surface area (Å²) in [5, 5.41) is 38.2. The number of hydrogen-bond donors (Lipinski definition) is 4. The molecule has 70 heavy (non-hydrogen) atoms. The van der Waals surface area contributed by atoms with Crippen molar-refractivity contribution in [1.29, 1.82) is 0 Å². The molecular weight excluding hydrogens is 873 g/mol. The molecule has 6 atom stereocenters. The molecule has 5 fully saturated rings. The Hall–Kier alpha value is -8.36. The van der Waals surface area contributed by atoms with E-state index in [1.807, 2.05) is 48.5 Å². The second kappa shape index (κ2) is 15.6. The van der Waals surface area contributed by atoms with Gasteiger partial charge in [0.2, 0.25) is 0 Å². The van der Waals surface area contributed by atoms with Gasteiger partial charge in [-0.15, -0.1) is 0 Å². The largest absolute Gasteiger partial charge is 0.478 e. The highest BCUT2D eigenvalue weighted by Gasteiger charge is 2.96. The number of carbonyl (C=O) groups is 4. The van der Waals surface area contributed by atoms with Crippen molar-refractivity contribution < 1.29 is 39.6 Å². The van der Waals surface area contributed by atoms with Crippen molar-refractivity contribution >= 4 is 23.9 Å². The van der Waals surface area contributed by atoms with E-state index in [4.69, 9.17) is 0 Å². The van der Waals surface area contributed by atoms with Crippen LogP contribution in [0.1, 0.15) is 95.3 Å². The fourth-order valence-electron chi connectivity index (χ4n) is 14.3. The highest BCUT2D eigenvalue weighted by Crippen LogP contribution is 2.98. The summed E-state index contributed by atoms with van der Waals surface area (Å²) >= 11 is 0. The molecule has 2 bridgehead atoms. The number of carboxylic acids is 4. The van der Waals surface area contributed by atoms with E-state index in [0.29, 0.717) is 5.92 Å². The summed E-state index contributed by atoms with van der Waals surface area (Å²) in [5.74, 6) is -3.25. The molecule has 0 saturated heterocycles. The van der Waals surface area contributed by atoms with Gasteiger partial charge in [-0.2, -0.15) is 0 Å². The lowest BCUT2D eigenvalue weighted by atomic mass is 9.05. The Bertz CT molecular complexity index is 3280. The van der Waals surface area contributed by atoms with Crippen LogP contribution in [0.15, 0.2) is 194 Å². The Kier molecular flexibility index (Phi) is 9.56. The molecule has 13 rings (SSSR count). The first kappa shape index (κ1) is 43.0. The molecule has 0 radical (unpaired) electrons. The van der Waals surface area contributed by atoms with Gasteiger partial charge in [-0.05, 0) is 153 Å². The maximum Gasteiger partial charge on any atom is 0.335 e. The van der Waals surface area contributed by atoms with Crippen LogP contribution in [0.25, 0.3) is 44.5 Å². The van der Waals surface area contributed by atoms with Gasteiger partial charge >= 0.3 is 23.9 Å². The Balaban J connectivity index is 0.981.